The molecule has 1 aromatic carbocycles. The third-order valence-electron chi connectivity index (χ3n) is 4.52. The number of rotatable bonds is 4. The van der Waals surface area contributed by atoms with E-state index >= 15 is 0 Å². The minimum Gasteiger partial charge on any atom is -0.372 e. The minimum atomic E-state index is -0.180. The average molecular weight is 312 g/mol. The number of carbonyl (C=O) groups excluding carboxylic acids is 1. The van der Waals surface area contributed by atoms with Crippen LogP contribution in [0.25, 0.3) is 0 Å². The number of piperidine rings is 1. The van der Waals surface area contributed by atoms with Gasteiger partial charge in [0.15, 0.2) is 5.69 Å². The van der Waals surface area contributed by atoms with Crippen LogP contribution in [-0.2, 0) is 6.42 Å². The minimum absolute atomic E-state index is 0.180. The highest BCUT2D eigenvalue weighted by atomic mass is 16.1. The van der Waals surface area contributed by atoms with E-state index in [1.807, 2.05) is 19.1 Å². The maximum Gasteiger partial charge on any atom is 0.276 e. The number of amides is 1. The Balaban J connectivity index is 1.62. The Bertz CT molecular complexity index is 654. The molecule has 0 bridgehead atoms. The Morgan fingerprint density at radius 2 is 2.00 bits per heavy atom. The topological polar surface area (TPSA) is 61.0 Å². The zero-order valence-corrected chi connectivity index (χ0v) is 13.8. The molecule has 3 rings (SSSR count). The van der Waals surface area contributed by atoms with E-state index in [2.05, 4.69) is 39.5 Å². The standard InChI is InChI=1S/C18H24N4O/c1-3-14-12-17(21-20-14)18(23)19-15-4-6-16(7-5-15)22-10-8-13(2)9-11-22/h4-7,12-13H,3,8-11H2,1-2H3,(H,19,23)(H,20,21). The SMILES string of the molecule is CCc1cc(C(=O)Nc2ccc(N3CCC(C)CC3)cc2)n[nH]1. The van der Waals surface area contributed by atoms with Crippen molar-refractivity contribution in [1.29, 1.82) is 0 Å². The van der Waals surface area contributed by atoms with Crippen molar-refractivity contribution in [3.8, 4) is 0 Å². The summed E-state index contributed by atoms with van der Waals surface area (Å²) in [4.78, 5) is 14.6. The third-order valence-corrected chi connectivity index (χ3v) is 4.52. The van der Waals surface area contributed by atoms with Crippen molar-refractivity contribution >= 4 is 17.3 Å². The number of carbonyl (C=O) groups is 1. The van der Waals surface area contributed by atoms with Crippen molar-refractivity contribution in [2.24, 2.45) is 5.92 Å². The number of benzene rings is 1. The molecular formula is C18H24N4O. The van der Waals surface area contributed by atoms with E-state index in [4.69, 9.17) is 0 Å². The quantitative estimate of drug-likeness (QED) is 0.909. The molecule has 0 unspecified atom stereocenters. The second kappa shape index (κ2) is 6.86. The molecule has 1 aliphatic heterocycles. The van der Waals surface area contributed by atoms with Gasteiger partial charge >= 0.3 is 0 Å². The summed E-state index contributed by atoms with van der Waals surface area (Å²) in [5, 5.41) is 9.79. The van der Waals surface area contributed by atoms with Crippen molar-refractivity contribution < 1.29 is 4.79 Å². The smallest absolute Gasteiger partial charge is 0.276 e. The summed E-state index contributed by atoms with van der Waals surface area (Å²) < 4.78 is 0. The Labute approximate surface area is 137 Å². The first-order valence-electron chi connectivity index (χ1n) is 8.36. The van der Waals surface area contributed by atoms with Crippen LogP contribution in [0.15, 0.2) is 30.3 Å². The van der Waals surface area contributed by atoms with Gasteiger partial charge < -0.3 is 10.2 Å². The van der Waals surface area contributed by atoms with Crippen LogP contribution in [0.2, 0.25) is 0 Å². The van der Waals surface area contributed by atoms with Gasteiger partial charge in [-0.3, -0.25) is 9.89 Å². The van der Waals surface area contributed by atoms with Gasteiger partial charge in [-0.25, -0.2) is 0 Å². The number of H-pyrrole nitrogens is 1. The van der Waals surface area contributed by atoms with Crippen LogP contribution in [0.1, 0.15) is 42.9 Å². The van der Waals surface area contributed by atoms with E-state index in [0.717, 1.165) is 36.8 Å². The van der Waals surface area contributed by atoms with Gasteiger partial charge in [-0.05, 0) is 55.5 Å². The van der Waals surface area contributed by atoms with Gasteiger partial charge in [-0.2, -0.15) is 5.10 Å². The average Bonchev–Trinajstić information content (AvgIpc) is 3.06. The summed E-state index contributed by atoms with van der Waals surface area (Å²) in [7, 11) is 0. The third kappa shape index (κ3) is 3.73. The molecule has 23 heavy (non-hydrogen) atoms. The Morgan fingerprint density at radius 3 is 2.61 bits per heavy atom. The molecule has 0 aliphatic carbocycles. The predicted octanol–water partition coefficient (Wildman–Crippen LogP) is 3.46. The summed E-state index contributed by atoms with van der Waals surface area (Å²) in [6.07, 6.45) is 3.33. The van der Waals surface area contributed by atoms with E-state index in [1.54, 1.807) is 6.07 Å². The molecule has 2 N–H and O–H groups in total. The normalized spacial score (nSPS) is 15.7. The van der Waals surface area contributed by atoms with Gasteiger partial charge in [0, 0.05) is 30.2 Å². The molecular weight excluding hydrogens is 288 g/mol. The first-order valence-corrected chi connectivity index (χ1v) is 8.36. The molecule has 0 radical (unpaired) electrons. The van der Waals surface area contributed by atoms with Crippen LogP contribution in [0.4, 0.5) is 11.4 Å². The number of nitrogens with one attached hydrogen (secondary N) is 2. The Kier molecular flexibility index (Phi) is 4.65. The zero-order valence-electron chi connectivity index (χ0n) is 13.8. The van der Waals surface area contributed by atoms with Gasteiger partial charge in [0.2, 0.25) is 0 Å². The molecule has 5 heteroatoms. The van der Waals surface area contributed by atoms with Crippen molar-refractivity contribution in [3.63, 3.8) is 0 Å². The molecule has 1 amide bonds. The molecule has 1 aromatic heterocycles. The molecule has 1 aliphatic rings. The maximum atomic E-state index is 12.2. The van der Waals surface area contributed by atoms with Crippen LogP contribution in [-0.4, -0.2) is 29.2 Å². The first kappa shape index (κ1) is 15.6. The molecule has 2 heterocycles. The predicted molar refractivity (Wildman–Crippen MR) is 93.0 cm³/mol. The summed E-state index contributed by atoms with van der Waals surface area (Å²) in [6, 6.07) is 9.86. The second-order valence-electron chi connectivity index (χ2n) is 6.30. The lowest BCUT2D eigenvalue weighted by Gasteiger charge is -2.32. The lowest BCUT2D eigenvalue weighted by molar-refractivity contribution is 0.102. The fourth-order valence-corrected chi connectivity index (χ4v) is 2.88. The fraction of sp³-hybridized carbons (Fsp3) is 0.444. The number of hydrogen-bond acceptors (Lipinski definition) is 3. The molecule has 1 fully saturated rings. The van der Waals surface area contributed by atoms with Gasteiger partial charge in [-0.15, -0.1) is 0 Å². The van der Waals surface area contributed by atoms with Gasteiger partial charge in [0.05, 0.1) is 0 Å². The summed E-state index contributed by atoms with van der Waals surface area (Å²) in [6.45, 7) is 6.56. The highest BCUT2D eigenvalue weighted by Crippen LogP contribution is 2.24. The lowest BCUT2D eigenvalue weighted by Crippen LogP contribution is -2.32. The van der Waals surface area contributed by atoms with Crippen LogP contribution >= 0.6 is 0 Å². The number of nitrogens with zero attached hydrogens (tertiary/aromatic N) is 2. The van der Waals surface area contributed by atoms with Gasteiger partial charge in [0.25, 0.3) is 5.91 Å². The summed E-state index contributed by atoms with van der Waals surface area (Å²) >= 11 is 0. The fourth-order valence-electron chi connectivity index (χ4n) is 2.88. The zero-order chi connectivity index (χ0) is 16.2. The second-order valence-corrected chi connectivity index (χ2v) is 6.30. The van der Waals surface area contributed by atoms with Crippen molar-refractivity contribution in [2.45, 2.75) is 33.1 Å². The highest BCUT2D eigenvalue weighted by Gasteiger charge is 2.16. The number of aromatic amines is 1. The number of aryl methyl sites for hydroxylation is 1. The molecule has 5 nitrogen and oxygen atoms in total. The summed E-state index contributed by atoms with van der Waals surface area (Å²) in [5.41, 5.74) is 3.41. The maximum absolute atomic E-state index is 12.2. The summed E-state index contributed by atoms with van der Waals surface area (Å²) in [5.74, 6) is 0.646. The van der Waals surface area contributed by atoms with Crippen molar-refractivity contribution in [1.82, 2.24) is 10.2 Å². The molecule has 0 atom stereocenters. The van der Waals surface area contributed by atoms with E-state index in [0.29, 0.717) is 5.69 Å². The first-order chi connectivity index (χ1) is 11.2. The van der Waals surface area contributed by atoms with Crippen molar-refractivity contribution in [3.05, 3.63) is 41.7 Å². The van der Waals surface area contributed by atoms with Gasteiger partial charge in [0.1, 0.15) is 0 Å². The highest BCUT2D eigenvalue weighted by molar-refractivity contribution is 6.02. The molecule has 1 saturated heterocycles. The van der Waals surface area contributed by atoms with E-state index in [-0.39, 0.29) is 5.91 Å². The van der Waals surface area contributed by atoms with E-state index < -0.39 is 0 Å². The van der Waals surface area contributed by atoms with Crippen LogP contribution < -0.4 is 10.2 Å². The Hall–Kier alpha value is -2.30. The Morgan fingerprint density at radius 1 is 1.30 bits per heavy atom. The monoisotopic (exact) mass is 312 g/mol. The number of aromatic nitrogens is 2. The van der Waals surface area contributed by atoms with Gasteiger partial charge in [-0.1, -0.05) is 13.8 Å². The van der Waals surface area contributed by atoms with Crippen LogP contribution in [0.5, 0.6) is 0 Å². The molecule has 0 saturated carbocycles. The lowest BCUT2D eigenvalue weighted by atomic mass is 9.99. The van der Waals surface area contributed by atoms with Crippen molar-refractivity contribution in [2.75, 3.05) is 23.3 Å². The largest absolute Gasteiger partial charge is 0.372 e. The molecule has 0 spiro atoms. The molecule has 2 aromatic rings. The van der Waals surface area contributed by atoms with E-state index in [1.165, 1.54) is 18.5 Å². The number of hydrogen-bond donors (Lipinski definition) is 2. The molecule has 122 valence electrons. The van der Waals surface area contributed by atoms with Crippen LogP contribution in [0, 0.1) is 5.92 Å². The van der Waals surface area contributed by atoms with Crippen LogP contribution in [0.3, 0.4) is 0 Å². The van der Waals surface area contributed by atoms with E-state index in [9.17, 15) is 4.79 Å². The number of anilines is 2.